The van der Waals surface area contributed by atoms with Gasteiger partial charge in [0.25, 0.3) is 0 Å². The van der Waals surface area contributed by atoms with E-state index in [0.717, 1.165) is 32.0 Å². The lowest BCUT2D eigenvalue weighted by molar-refractivity contribution is -0.0311. The molecule has 2 aromatic carbocycles. The molecule has 148 valence electrons. The summed E-state index contributed by atoms with van der Waals surface area (Å²) in [5, 5.41) is 0.442. The summed E-state index contributed by atoms with van der Waals surface area (Å²) in [6, 6.07) is 10.6. The van der Waals surface area contributed by atoms with Crippen molar-refractivity contribution in [3.63, 3.8) is 0 Å². The summed E-state index contributed by atoms with van der Waals surface area (Å²) in [5.41, 5.74) is 0.549. The highest BCUT2D eigenvalue weighted by molar-refractivity contribution is 6.30. The van der Waals surface area contributed by atoms with Gasteiger partial charge in [-0.05, 0) is 56.1 Å². The number of benzene rings is 2. The van der Waals surface area contributed by atoms with Crippen LogP contribution in [0.2, 0.25) is 5.02 Å². The van der Waals surface area contributed by atoms with E-state index < -0.39 is 17.7 Å². The monoisotopic (exact) mass is 406 g/mol. The van der Waals surface area contributed by atoms with Gasteiger partial charge in [0.15, 0.2) is 11.6 Å². The molecular weight excluding hydrogens is 386 g/mol. The average molecular weight is 407 g/mol. The second-order valence-corrected chi connectivity index (χ2v) is 7.78. The Morgan fingerprint density at radius 3 is 2.61 bits per heavy atom. The second-order valence-electron chi connectivity index (χ2n) is 7.34. The van der Waals surface area contributed by atoms with Crippen LogP contribution in [0, 0.1) is 17.6 Å². The highest BCUT2D eigenvalue weighted by Crippen LogP contribution is 2.31. The van der Waals surface area contributed by atoms with Gasteiger partial charge in [0.05, 0.1) is 6.54 Å². The van der Waals surface area contributed by atoms with Crippen molar-refractivity contribution in [2.45, 2.75) is 25.5 Å². The zero-order chi connectivity index (χ0) is 19.7. The number of rotatable bonds is 4. The average Bonchev–Trinajstić information content (AvgIpc) is 2.70. The van der Waals surface area contributed by atoms with Gasteiger partial charge in [-0.25, -0.2) is 13.6 Å². The quantitative estimate of drug-likeness (QED) is 0.727. The van der Waals surface area contributed by atoms with Crippen molar-refractivity contribution < 1.29 is 18.3 Å². The number of hydrogen-bond acceptors (Lipinski definition) is 3. The van der Waals surface area contributed by atoms with Gasteiger partial charge in [-0.3, -0.25) is 9.80 Å². The molecular formula is C21H21ClF2N2O2. The van der Waals surface area contributed by atoms with Crippen LogP contribution in [0.15, 0.2) is 42.5 Å². The van der Waals surface area contributed by atoms with Gasteiger partial charge in [-0.1, -0.05) is 29.8 Å². The van der Waals surface area contributed by atoms with Crippen LogP contribution in [-0.4, -0.2) is 36.7 Å². The Morgan fingerprint density at radius 2 is 1.93 bits per heavy atom. The first-order chi connectivity index (χ1) is 13.5. The third kappa shape index (κ3) is 3.98. The van der Waals surface area contributed by atoms with Crippen molar-refractivity contribution in [3.05, 3.63) is 64.7 Å². The van der Waals surface area contributed by atoms with E-state index in [2.05, 4.69) is 4.90 Å². The summed E-state index contributed by atoms with van der Waals surface area (Å²) in [5.74, 6) is -1.57. The normalized spacial score (nSPS) is 23.5. The molecule has 1 amide bonds. The number of piperidine rings is 3. The van der Waals surface area contributed by atoms with Crippen LogP contribution in [0.4, 0.5) is 19.3 Å². The van der Waals surface area contributed by atoms with E-state index in [4.69, 9.17) is 16.3 Å². The summed E-state index contributed by atoms with van der Waals surface area (Å²) < 4.78 is 33.7. The van der Waals surface area contributed by atoms with E-state index in [-0.39, 0.29) is 18.2 Å². The van der Waals surface area contributed by atoms with Crippen LogP contribution in [0.5, 0.6) is 0 Å². The van der Waals surface area contributed by atoms with Gasteiger partial charge < -0.3 is 4.74 Å². The van der Waals surface area contributed by atoms with Gasteiger partial charge in [0.1, 0.15) is 6.10 Å². The van der Waals surface area contributed by atoms with Crippen LogP contribution >= 0.6 is 11.6 Å². The van der Waals surface area contributed by atoms with Crippen molar-refractivity contribution in [1.82, 2.24) is 4.90 Å². The number of carbonyl (C=O) groups excluding carboxylic acids is 1. The smallest absolute Gasteiger partial charge is 0.414 e. The predicted molar refractivity (Wildman–Crippen MR) is 103 cm³/mol. The molecule has 0 N–H and O–H groups in total. The van der Waals surface area contributed by atoms with Gasteiger partial charge in [-0.2, -0.15) is 0 Å². The molecule has 28 heavy (non-hydrogen) atoms. The van der Waals surface area contributed by atoms with E-state index in [9.17, 15) is 13.6 Å². The van der Waals surface area contributed by atoms with Crippen molar-refractivity contribution in [2.75, 3.05) is 24.5 Å². The molecule has 7 heteroatoms. The highest BCUT2D eigenvalue weighted by Gasteiger charge is 2.37. The highest BCUT2D eigenvalue weighted by atomic mass is 35.5. The Kier molecular flexibility index (Phi) is 5.51. The third-order valence-electron chi connectivity index (χ3n) is 5.55. The molecule has 3 heterocycles. The summed E-state index contributed by atoms with van der Waals surface area (Å²) in [6.07, 6.45) is 1.25. The SMILES string of the molecule is O=C(OC1CN2CCC1CC2)N(Cc1cccc(F)c1F)c1cccc(Cl)c1. The fourth-order valence-electron chi connectivity index (χ4n) is 3.98. The minimum atomic E-state index is -0.967. The van der Waals surface area contributed by atoms with Crippen LogP contribution in [0.3, 0.4) is 0 Å². The first-order valence-corrected chi connectivity index (χ1v) is 9.78. The van der Waals surface area contributed by atoms with Crippen molar-refractivity contribution >= 4 is 23.4 Å². The van der Waals surface area contributed by atoms with Gasteiger partial charge in [0, 0.05) is 22.8 Å². The molecule has 3 saturated heterocycles. The molecule has 0 aromatic heterocycles. The first-order valence-electron chi connectivity index (χ1n) is 9.40. The Bertz CT molecular complexity index is 871. The summed E-state index contributed by atoms with van der Waals surface area (Å²) in [7, 11) is 0. The third-order valence-corrected chi connectivity index (χ3v) is 5.78. The Balaban J connectivity index is 1.59. The number of hydrogen-bond donors (Lipinski definition) is 0. The minimum Gasteiger partial charge on any atom is -0.444 e. The molecule has 1 atom stereocenters. The molecule has 0 saturated carbocycles. The first kappa shape index (κ1) is 19.2. The molecule has 1 unspecified atom stereocenters. The number of ether oxygens (including phenoxy) is 1. The lowest BCUT2D eigenvalue weighted by Gasteiger charge is -2.44. The van der Waals surface area contributed by atoms with Gasteiger partial charge in [-0.15, -0.1) is 0 Å². The predicted octanol–water partition coefficient (Wildman–Crippen LogP) is 4.86. The number of anilines is 1. The maximum absolute atomic E-state index is 14.2. The van der Waals surface area contributed by atoms with E-state index in [1.165, 1.54) is 17.0 Å². The topological polar surface area (TPSA) is 32.8 Å². The van der Waals surface area contributed by atoms with Crippen LogP contribution in [0.25, 0.3) is 0 Å². The lowest BCUT2D eigenvalue weighted by Crippen LogP contribution is -2.53. The Hall–Kier alpha value is -2.18. The maximum Gasteiger partial charge on any atom is 0.414 e. The van der Waals surface area contributed by atoms with E-state index in [1.54, 1.807) is 24.3 Å². The van der Waals surface area contributed by atoms with Crippen LogP contribution < -0.4 is 4.90 Å². The van der Waals surface area contributed by atoms with Crippen molar-refractivity contribution in [3.8, 4) is 0 Å². The molecule has 3 aliphatic rings. The molecule has 0 radical (unpaired) electrons. The number of carbonyl (C=O) groups is 1. The lowest BCUT2D eigenvalue weighted by atomic mass is 9.86. The molecule has 2 bridgehead atoms. The Labute approximate surface area is 167 Å². The summed E-state index contributed by atoms with van der Waals surface area (Å²) in [6.45, 7) is 2.63. The number of nitrogens with zero attached hydrogens (tertiary/aromatic N) is 2. The summed E-state index contributed by atoms with van der Waals surface area (Å²) >= 11 is 6.08. The molecule has 2 aromatic rings. The number of amides is 1. The molecule has 0 spiro atoms. The molecule has 0 aliphatic carbocycles. The van der Waals surface area contributed by atoms with Crippen LogP contribution in [-0.2, 0) is 11.3 Å². The molecule has 4 nitrogen and oxygen atoms in total. The Morgan fingerprint density at radius 1 is 1.18 bits per heavy atom. The zero-order valence-electron chi connectivity index (χ0n) is 15.3. The van der Waals surface area contributed by atoms with Crippen LogP contribution in [0.1, 0.15) is 18.4 Å². The minimum absolute atomic E-state index is 0.0749. The van der Waals surface area contributed by atoms with Crippen molar-refractivity contribution in [1.29, 1.82) is 0 Å². The fourth-order valence-corrected chi connectivity index (χ4v) is 4.17. The largest absolute Gasteiger partial charge is 0.444 e. The summed E-state index contributed by atoms with van der Waals surface area (Å²) in [4.78, 5) is 16.6. The van der Waals surface area contributed by atoms with E-state index in [0.29, 0.717) is 23.2 Å². The zero-order valence-corrected chi connectivity index (χ0v) is 16.0. The second kappa shape index (κ2) is 8.05. The van der Waals surface area contributed by atoms with E-state index >= 15 is 0 Å². The number of fused-ring (bicyclic) bond motifs is 3. The molecule has 3 fully saturated rings. The van der Waals surface area contributed by atoms with Gasteiger partial charge in [0.2, 0.25) is 0 Å². The van der Waals surface area contributed by atoms with E-state index in [1.807, 2.05) is 0 Å². The molecule has 3 aliphatic heterocycles. The standard InChI is InChI=1S/C21H21ClF2N2O2/c22-16-4-2-5-17(11-16)26(12-15-3-1-6-18(23)20(15)24)21(27)28-19-13-25-9-7-14(19)8-10-25/h1-6,11,14,19H,7-10,12-13H2. The maximum atomic E-state index is 14.2. The fraction of sp³-hybridized carbons (Fsp3) is 0.381. The molecule has 5 rings (SSSR count). The number of halogens is 3. The van der Waals surface area contributed by atoms with Gasteiger partial charge >= 0.3 is 6.09 Å². The van der Waals surface area contributed by atoms with Crippen molar-refractivity contribution in [2.24, 2.45) is 5.92 Å².